The number of hydrogen-bond donors (Lipinski definition) is 2. The van der Waals surface area contributed by atoms with E-state index in [2.05, 4.69) is 15.0 Å². The number of aromatic nitrogens is 1. The third-order valence-electron chi connectivity index (χ3n) is 3.87. The van der Waals surface area contributed by atoms with Gasteiger partial charge in [-0.2, -0.15) is 13.2 Å². The minimum atomic E-state index is -5.05. The number of carbonyl (C=O) groups excluding carboxylic acids is 1. The molecule has 0 fully saturated rings. The summed E-state index contributed by atoms with van der Waals surface area (Å²) in [5.41, 5.74) is -1.19. The minimum absolute atomic E-state index is 0.0599. The first-order valence-corrected chi connectivity index (χ1v) is 9.75. The molecule has 6 nitrogen and oxygen atoms in total. The lowest BCUT2D eigenvalue weighted by Crippen LogP contribution is -2.16. The summed E-state index contributed by atoms with van der Waals surface area (Å²) in [5.74, 6) is -2.13. The third kappa shape index (κ3) is 4.92. The first-order valence-electron chi connectivity index (χ1n) is 8.27. The summed E-state index contributed by atoms with van der Waals surface area (Å²) >= 11 is 0. The molecule has 156 valence electrons. The van der Waals surface area contributed by atoms with E-state index < -0.39 is 38.4 Å². The first-order chi connectivity index (χ1) is 14.1. The van der Waals surface area contributed by atoms with Gasteiger partial charge < -0.3 is 5.32 Å². The molecule has 0 unspecified atom stereocenters. The summed E-state index contributed by atoms with van der Waals surface area (Å²) in [4.78, 5) is 15.4. The maximum absolute atomic E-state index is 13.4. The van der Waals surface area contributed by atoms with Gasteiger partial charge in [0.1, 0.15) is 5.82 Å². The number of nitrogens with zero attached hydrogens (tertiary/aromatic N) is 1. The SMILES string of the molecule is O=C(Nc1ccncc1)c1cccc(NS(=O)(=O)c2ccc(F)c(C(F)(F)F)c2)c1. The Hall–Kier alpha value is -3.47. The lowest BCUT2D eigenvalue weighted by atomic mass is 10.2. The van der Waals surface area contributed by atoms with E-state index in [1.165, 1.54) is 36.7 Å². The molecule has 3 rings (SSSR count). The van der Waals surface area contributed by atoms with Crippen LogP contribution in [-0.2, 0) is 16.2 Å². The van der Waals surface area contributed by atoms with E-state index in [9.17, 15) is 30.8 Å². The lowest BCUT2D eigenvalue weighted by Gasteiger charge is -2.12. The summed E-state index contributed by atoms with van der Waals surface area (Å²) in [6.45, 7) is 0. The van der Waals surface area contributed by atoms with Crippen molar-refractivity contribution in [2.24, 2.45) is 0 Å². The second kappa shape index (κ2) is 8.11. The maximum atomic E-state index is 13.4. The van der Waals surface area contributed by atoms with E-state index in [1.54, 1.807) is 12.1 Å². The summed E-state index contributed by atoms with van der Waals surface area (Å²) in [6, 6.07) is 9.80. The molecule has 0 aliphatic heterocycles. The molecule has 1 amide bonds. The van der Waals surface area contributed by atoms with Crippen molar-refractivity contribution < 1.29 is 30.8 Å². The van der Waals surface area contributed by atoms with Gasteiger partial charge in [0.2, 0.25) is 0 Å². The Balaban J connectivity index is 1.84. The van der Waals surface area contributed by atoms with Crippen LogP contribution in [0.4, 0.5) is 28.9 Å². The van der Waals surface area contributed by atoms with Crippen LogP contribution < -0.4 is 10.0 Å². The van der Waals surface area contributed by atoms with E-state index >= 15 is 0 Å². The van der Waals surface area contributed by atoms with Gasteiger partial charge >= 0.3 is 6.18 Å². The van der Waals surface area contributed by atoms with Crippen LogP contribution in [0.5, 0.6) is 0 Å². The number of pyridine rings is 1. The standard InChI is InChI=1S/C19H13F4N3O3S/c20-17-5-4-15(11-16(17)19(21,22)23)30(28,29)26-14-3-1-2-12(10-14)18(27)25-13-6-8-24-9-7-13/h1-11,26H,(H,24,25,27). The number of halogens is 4. The molecule has 0 radical (unpaired) electrons. The number of benzene rings is 2. The third-order valence-corrected chi connectivity index (χ3v) is 5.25. The fourth-order valence-electron chi connectivity index (χ4n) is 2.47. The highest BCUT2D eigenvalue weighted by Crippen LogP contribution is 2.33. The van der Waals surface area contributed by atoms with Gasteiger partial charge in [0.15, 0.2) is 0 Å². The molecule has 0 atom stereocenters. The molecule has 0 aliphatic rings. The number of nitrogens with one attached hydrogen (secondary N) is 2. The first kappa shape index (κ1) is 21.2. The molecule has 0 bridgehead atoms. The average molecular weight is 439 g/mol. The Morgan fingerprint density at radius 2 is 1.63 bits per heavy atom. The Morgan fingerprint density at radius 1 is 0.933 bits per heavy atom. The van der Waals surface area contributed by atoms with Gasteiger partial charge in [0, 0.05) is 29.3 Å². The van der Waals surface area contributed by atoms with Crippen LogP contribution in [0.15, 0.2) is 71.9 Å². The second-order valence-corrected chi connectivity index (χ2v) is 7.70. The Bertz CT molecular complexity index is 1180. The lowest BCUT2D eigenvalue weighted by molar-refractivity contribution is -0.140. The summed E-state index contributed by atoms with van der Waals surface area (Å²) in [7, 11) is -4.47. The smallest absolute Gasteiger partial charge is 0.322 e. The number of rotatable bonds is 5. The van der Waals surface area contributed by atoms with Gasteiger partial charge in [-0.3, -0.25) is 14.5 Å². The van der Waals surface area contributed by atoms with Crippen molar-refractivity contribution in [1.29, 1.82) is 0 Å². The fourth-order valence-corrected chi connectivity index (χ4v) is 3.54. The highest BCUT2D eigenvalue weighted by molar-refractivity contribution is 7.92. The molecule has 3 aromatic rings. The number of anilines is 2. The summed E-state index contributed by atoms with van der Waals surface area (Å²) < 4.78 is 79.0. The van der Waals surface area contributed by atoms with Crippen molar-refractivity contribution >= 4 is 27.3 Å². The molecular formula is C19H13F4N3O3S. The Kier molecular flexibility index (Phi) is 5.74. The molecule has 0 spiro atoms. The van der Waals surface area contributed by atoms with Crippen molar-refractivity contribution in [3.63, 3.8) is 0 Å². The van der Waals surface area contributed by atoms with E-state index in [-0.39, 0.29) is 17.3 Å². The number of amides is 1. The van der Waals surface area contributed by atoms with Crippen LogP contribution >= 0.6 is 0 Å². The van der Waals surface area contributed by atoms with Crippen LogP contribution in [0, 0.1) is 5.82 Å². The molecule has 2 aromatic carbocycles. The molecule has 1 heterocycles. The molecule has 30 heavy (non-hydrogen) atoms. The largest absolute Gasteiger partial charge is 0.419 e. The Labute approximate surface area is 168 Å². The van der Waals surface area contributed by atoms with Crippen molar-refractivity contribution in [1.82, 2.24) is 4.98 Å². The fraction of sp³-hybridized carbons (Fsp3) is 0.0526. The predicted octanol–water partition coefficient (Wildman–Crippen LogP) is 4.29. The number of sulfonamides is 1. The van der Waals surface area contributed by atoms with Crippen molar-refractivity contribution in [3.8, 4) is 0 Å². The topological polar surface area (TPSA) is 88.2 Å². The highest BCUT2D eigenvalue weighted by Gasteiger charge is 2.35. The summed E-state index contributed by atoms with van der Waals surface area (Å²) in [5, 5.41) is 2.59. The number of alkyl halides is 3. The van der Waals surface area contributed by atoms with Gasteiger partial charge in [0.05, 0.1) is 10.5 Å². The van der Waals surface area contributed by atoms with Gasteiger partial charge in [0.25, 0.3) is 15.9 Å². The van der Waals surface area contributed by atoms with Crippen LogP contribution in [0.25, 0.3) is 0 Å². The quantitative estimate of drug-likeness (QED) is 0.581. The minimum Gasteiger partial charge on any atom is -0.322 e. The van der Waals surface area contributed by atoms with Gasteiger partial charge in [-0.05, 0) is 48.5 Å². The molecule has 0 saturated carbocycles. The van der Waals surface area contributed by atoms with E-state index in [4.69, 9.17) is 0 Å². The zero-order valence-corrected chi connectivity index (χ0v) is 15.8. The van der Waals surface area contributed by atoms with Crippen LogP contribution in [0.1, 0.15) is 15.9 Å². The van der Waals surface area contributed by atoms with E-state index in [0.29, 0.717) is 17.8 Å². The highest BCUT2D eigenvalue weighted by atomic mass is 32.2. The number of carbonyl (C=O) groups is 1. The van der Waals surface area contributed by atoms with E-state index in [0.717, 1.165) is 0 Å². The number of hydrogen-bond acceptors (Lipinski definition) is 4. The van der Waals surface area contributed by atoms with Crippen molar-refractivity contribution in [2.75, 3.05) is 10.0 Å². The monoisotopic (exact) mass is 439 g/mol. The van der Waals surface area contributed by atoms with Gasteiger partial charge in [-0.15, -0.1) is 0 Å². The maximum Gasteiger partial charge on any atom is 0.419 e. The molecular weight excluding hydrogens is 426 g/mol. The molecule has 2 N–H and O–H groups in total. The van der Waals surface area contributed by atoms with E-state index in [1.807, 2.05) is 0 Å². The average Bonchev–Trinajstić information content (AvgIpc) is 2.68. The molecule has 1 aromatic heterocycles. The van der Waals surface area contributed by atoms with Gasteiger partial charge in [-0.1, -0.05) is 6.07 Å². The van der Waals surface area contributed by atoms with Crippen LogP contribution in [0.2, 0.25) is 0 Å². The Morgan fingerprint density at radius 3 is 2.30 bits per heavy atom. The van der Waals surface area contributed by atoms with Crippen LogP contribution in [0.3, 0.4) is 0 Å². The molecule has 11 heteroatoms. The van der Waals surface area contributed by atoms with Crippen molar-refractivity contribution in [2.45, 2.75) is 11.1 Å². The van der Waals surface area contributed by atoms with Crippen LogP contribution in [-0.4, -0.2) is 19.3 Å². The zero-order chi connectivity index (χ0) is 21.9. The predicted molar refractivity (Wildman–Crippen MR) is 101 cm³/mol. The summed E-state index contributed by atoms with van der Waals surface area (Å²) in [6.07, 6.45) is -2.11. The molecule has 0 aliphatic carbocycles. The molecule has 0 saturated heterocycles. The normalized spacial score (nSPS) is 11.7. The van der Waals surface area contributed by atoms with Gasteiger partial charge in [-0.25, -0.2) is 12.8 Å². The van der Waals surface area contributed by atoms with Crippen molar-refractivity contribution in [3.05, 3.63) is 83.9 Å². The zero-order valence-electron chi connectivity index (χ0n) is 14.9. The second-order valence-electron chi connectivity index (χ2n) is 6.02.